The van der Waals surface area contributed by atoms with Crippen LogP contribution in [0.5, 0.6) is 0 Å². The predicted molar refractivity (Wildman–Crippen MR) is 87.2 cm³/mol. The minimum Gasteiger partial charge on any atom is -0.374 e. The third kappa shape index (κ3) is 2.26. The molecule has 0 bridgehead atoms. The fraction of sp³-hybridized carbons (Fsp3) is 0.0667. The van der Waals surface area contributed by atoms with Gasteiger partial charge in [0.2, 0.25) is 5.13 Å². The number of hydrogen-bond acceptors (Lipinski definition) is 6. The summed E-state index contributed by atoms with van der Waals surface area (Å²) in [5.41, 5.74) is 8.10. The second kappa shape index (κ2) is 5.05. The first-order valence-corrected chi connectivity index (χ1v) is 8.16. The summed E-state index contributed by atoms with van der Waals surface area (Å²) in [6.45, 7) is 0.684. The van der Waals surface area contributed by atoms with E-state index in [2.05, 4.69) is 63.6 Å². The molecular weight excluding hydrogens is 300 g/mol. The molecule has 0 atom stereocenters. The molecule has 0 unspecified atom stereocenters. The molecule has 21 heavy (non-hydrogen) atoms. The van der Waals surface area contributed by atoms with Crippen LogP contribution < -0.4 is 10.6 Å². The van der Waals surface area contributed by atoms with Crippen LogP contribution in [0.15, 0.2) is 58.3 Å². The largest absolute Gasteiger partial charge is 0.374 e. The number of anilines is 3. The average molecular weight is 312 g/mol. The maximum absolute atomic E-state index is 5.70. The van der Waals surface area contributed by atoms with E-state index in [1.54, 1.807) is 11.8 Å². The summed E-state index contributed by atoms with van der Waals surface area (Å²) in [6, 6.07) is 16.9. The van der Waals surface area contributed by atoms with Crippen molar-refractivity contribution >= 4 is 39.6 Å². The van der Waals surface area contributed by atoms with E-state index in [-0.39, 0.29) is 0 Å². The lowest BCUT2D eigenvalue weighted by Gasteiger charge is -2.31. The van der Waals surface area contributed by atoms with Crippen molar-refractivity contribution in [2.24, 2.45) is 0 Å². The van der Waals surface area contributed by atoms with Crippen LogP contribution in [0.3, 0.4) is 0 Å². The molecule has 0 amide bonds. The first-order chi connectivity index (χ1) is 10.3. The Kier molecular flexibility index (Phi) is 3.05. The second-order valence-electron chi connectivity index (χ2n) is 4.66. The van der Waals surface area contributed by atoms with Gasteiger partial charge in [-0.2, -0.15) is 0 Å². The van der Waals surface area contributed by atoms with Gasteiger partial charge in [-0.25, -0.2) is 0 Å². The summed E-state index contributed by atoms with van der Waals surface area (Å²) in [5, 5.41) is 9.49. The molecule has 0 radical (unpaired) electrons. The number of benzene rings is 2. The maximum Gasteiger partial charge on any atom is 0.203 e. The van der Waals surface area contributed by atoms with Crippen molar-refractivity contribution in [3.8, 4) is 0 Å². The summed E-state index contributed by atoms with van der Waals surface area (Å²) in [5.74, 6) is 0. The molecule has 2 aromatic carbocycles. The van der Waals surface area contributed by atoms with Crippen LogP contribution in [-0.4, -0.2) is 10.2 Å². The van der Waals surface area contributed by atoms with Crippen LogP contribution in [0.4, 0.5) is 16.5 Å². The molecule has 0 spiro atoms. The van der Waals surface area contributed by atoms with Crippen LogP contribution in [-0.2, 0) is 6.54 Å². The lowest BCUT2D eigenvalue weighted by molar-refractivity contribution is 0.895. The van der Waals surface area contributed by atoms with Crippen LogP contribution >= 0.6 is 23.1 Å². The van der Waals surface area contributed by atoms with E-state index in [1.165, 1.54) is 32.5 Å². The second-order valence-corrected chi connectivity index (χ2v) is 6.84. The Morgan fingerprint density at radius 2 is 1.52 bits per heavy atom. The molecular formula is C15H12N4S2. The van der Waals surface area contributed by atoms with Crippen molar-refractivity contribution in [1.82, 2.24) is 10.2 Å². The van der Waals surface area contributed by atoms with Crippen molar-refractivity contribution in [2.75, 3.05) is 10.6 Å². The number of hydrogen-bond donors (Lipinski definition) is 1. The smallest absolute Gasteiger partial charge is 0.203 e. The van der Waals surface area contributed by atoms with Crippen molar-refractivity contribution in [3.63, 3.8) is 0 Å². The monoisotopic (exact) mass is 312 g/mol. The number of aromatic nitrogens is 2. The van der Waals surface area contributed by atoms with Gasteiger partial charge in [0.05, 0.1) is 17.9 Å². The van der Waals surface area contributed by atoms with E-state index in [0.717, 1.165) is 5.01 Å². The standard InChI is InChI=1S/C15H12N4S2/c16-15-18-17-14(21-15)9-19-10-5-1-3-7-12(10)20-13-8-4-2-6-11(13)19/h1-8H,9H2,(H2,16,18). The van der Waals surface area contributed by atoms with Crippen molar-refractivity contribution < 1.29 is 0 Å². The maximum atomic E-state index is 5.70. The summed E-state index contributed by atoms with van der Waals surface area (Å²) in [7, 11) is 0. The lowest BCUT2D eigenvalue weighted by Crippen LogP contribution is -2.20. The van der Waals surface area contributed by atoms with Gasteiger partial charge in [-0.05, 0) is 24.3 Å². The minimum atomic E-state index is 0.512. The Morgan fingerprint density at radius 1 is 0.905 bits per heavy atom. The topological polar surface area (TPSA) is 55.0 Å². The average Bonchev–Trinajstić information content (AvgIpc) is 2.92. The van der Waals surface area contributed by atoms with E-state index in [0.29, 0.717) is 11.7 Å². The highest BCUT2D eigenvalue weighted by Gasteiger charge is 2.23. The summed E-state index contributed by atoms with van der Waals surface area (Å²) >= 11 is 3.24. The van der Waals surface area contributed by atoms with Gasteiger partial charge in [0, 0.05) is 9.79 Å². The number of fused-ring (bicyclic) bond motifs is 2. The SMILES string of the molecule is Nc1nnc(CN2c3ccccc3Sc3ccccc32)s1. The van der Waals surface area contributed by atoms with Crippen LogP contribution in [0.1, 0.15) is 5.01 Å². The quantitative estimate of drug-likeness (QED) is 0.777. The van der Waals surface area contributed by atoms with Gasteiger partial charge >= 0.3 is 0 Å². The van der Waals surface area contributed by atoms with Crippen LogP contribution in [0.25, 0.3) is 0 Å². The number of nitrogen functional groups attached to an aromatic ring is 1. The Morgan fingerprint density at radius 3 is 2.10 bits per heavy atom. The zero-order valence-corrected chi connectivity index (χ0v) is 12.7. The molecule has 1 aromatic heterocycles. The van der Waals surface area contributed by atoms with Crippen molar-refractivity contribution in [1.29, 1.82) is 0 Å². The Hall–Kier alpha value is -2.05. The number of nitrogens with two attached hydrogens (primary N) is 1. The van der Waals surface area contributed by atoms with Gasteiger partial charge in [-0.1, -0.05) is 47.4 Å². The van der Waals surface area contributed by atoms with Gasteiger partial charge < -0.3 is 10.6 Å². The highest BCUT2D eigenvalue weighted by Crippen LogP contribution is 2.48. The van der Waals surface area contributed by atoms with Crippen LogP contribution in [0, 0.1) is 0 Å². The van der Waals surface area contributed by atoms with Crippen LogP contribution in [0.2, 0.25) is 0 Å². The Balaban J connectivity index is 1.81. The lowest BCUT2D eigenvalue weighted by atomic mass is 10.2. The number of nitrogens with zero attached hydrogens (tertiary/aromatic N) is 3. The van der Waals surface area contributed by atoms with Crippen molar-refractivity contribution in [2.45, 2.75) is 16.3 Å². The fourth-order valence-electron chi connectivity index (χ4n) is 2.42. The molecule has 6 heteroatoms. The number of para-hydroxylation sites is 2. The van der Waals surface area contributed by atoms with Gasteiger partial charge in [0.1, 0.15) is 5.01 Å². The molecule has 0 fully saturated rings. The Labute approximate surface area is 130 Å². The highest BCUT2D eigenvalue weighted by atomic mass is 32.2. The highest BCUT2D eigenvalue weighted by molar-refractivity contribution is 7.99. The third-order valence-corrected chi connectivity index (χ3v) is 5.18. The van der Waals surface area contributed by atoms with E-state index < -0.39 is 0 Å². The molecule has 3 aromatic rings. The molecule has 1 aliphatic rings. The molecule has 4 rings (SSSR count). The van der Waals surface area contributed by atoms with E-state index in [1.807, 2.05) is 0 Å². The van der Waals surface area contributed by atoms with Gasteiger partial charge in [-0.15, -0.1) is 10.2 Å². The van der Waals surface area contributed by atoms with Gasteiger partial charge in [-0.3, -0.25) is 0 Å². The summed E-state index contributed by atoms with van der Waals surface area (Å²) in [6.07, 6.45) is 0. The van der Waals surface area contributed by atoms with Crippen molar-refractivity contribution in [3.05, 3.63) is 53.5 Å². The minimum absolute atomic E-state index is 0.512. The fourth-order valence-corrected chi connectivity index (χ4v) is 4.11. The first-order valence-electron chi connectivity index (χ1n) is 6.52. The first kappa shape index (κ1) is 12.7. The van der Waals surface area contributed by atoms with E-state index in [9.17, 15) is 0 Å². The summed E-state index contributed by atoms with van der Waals surface area (Å²) < 4.78 is 0. The Bertz CT molecular complexity index is 754. The molecule has 4 nitrogen and oxygen atoms in total. The predicted octanol–water partition coefficient (Wildman–Crippen LogP) is 3.92. The summed E-state index contributed by atoms with van der Waals surface area (Å²) in [4.78, 5) is 4.79. The van der Waals surface area contributed by atoms with E-state index >= 15 is 0 Å². The normalized spacial score (nSPS) is 12.9. The molecule has 1 aliphatic heterocycles. The molecule has 2 N–H and O–H groups in total. The van der Waals surface area contributed by atoms with Gasteiger partial charge in [0.15, 0.2) is 0 Å². The van der Waals surface area contributed by atoms with Gasteiger partial charge in [0.25, 0.3) is 0 Å². The third-order valence-electron chi connectivity index (χ3n) is 3.31. The molecule has 0 saturated heterocycles. The molecule has 104 valence electrons. The molecule has 2 heterocycles. The van der Waals surface area contributed by atoms with E-state index in [4.69, 9.17) is 5.73 Å². The zero-order chi connectivity index (χ0) is 14.2. The molecule has 0 aliphatic carbocycles. The zero-order valence-electron chi connectivity index (χ0n) is 11.1. The number of rotatable bonds is 2. The molecule has 0 saturated carbocycles.